The number of benzene rings is 3. The molecule has 54 heavy (non-hydrogen) atoms. The van der Waals surface area contributed by atoms with Crippen LogP contribution in [0.3, 0.4) is 0 Å². The number of amides is 2. The number of nitrogens with one attached hydrogen (secondary N) is 1. The number of carbonyl (C=O) groups excluding carboxylic acids is 2. The molecule has 1 fully saturated rings. The van der Waals surface area contributed by atoms with Gasteiger partial charge in [-0.15, -0.1) is 5.10 Å². The molecule has 8 rings (SSSR count). The molecule has 1 saturated carbocycles. The van der Waals surface area contributed by atoms with Gasteiger partial charge < -0.3 is 16.0 Å². The maximum absolute atomic E-state index is 14.3. The van der Waals surface area contributed by atoms with Crippen LogP contribution in [-0.4, -0.2) is 41.9 Å². The number of hydrogen-bond acceptors (Lipinski definition) is 6. The van der Waals surface area contributed by atoms with Crippen LogP contribution in [-0.2, 0) is 12.7 Å². The number of anilines is 1. The van der Waals surface area contributed by atoms with Crippen molar-refractivity contribution in [1.29, 1.82) is 0 Å². The van der Waals surface area contributed by atoms with Crippen molar-refractivity contribution >= 4 is 45.7 Å². The molecule has 10 nitrogen and oxygen atoms in total. The van der Waals surface area contributed by atoms with Gasteiger partial charge in [-0.3, -0.25) is 19.0 Å². The lowest BCUT2D eigenvalue weighted by atomic mass is 9.99. The minimum absolute atomic E-state index is 0.0526. The van der Waals surface area contributed by atoms with E-state index in [2.05, 4.69) is 27.2 Å². The van der Waals surface area contributed by atoms with E-state index in [-0.39, 0.29) is 57.6 Å². The molecule has 0 saturated heterocycles. The second-order valence-electron chi connectivity index (χ2n) is 13.6. The zero-order chi connectivity index (χ0) is 38.1. The van der Waals surface area contributed by atoms with Crippen LogP contribution in [0.15, 0.2) is 83.8 Å². The predicted octanol–water partition coefficient (Wildman–Crippen LogP) is 6.93. The van der Waals surface area contributed by atoms with E-state index in [0.717, 1.165) is 18.9 Å². The molecule has 1 aliphatic carbocycles. The van der Waals surface area contributed by atoms with Gasteiger partial charge in [0.2, 0.25) is 0 Å². The van der Waals surface area contributed by atoms with E-state index in [0.29, 0.717) is 33.1 Å². The highest BCUT2D eigenvalue weighted by Gasteiger charge is 2.44. The van der Waals surface area contributed by atoms with E-state index in [4.69, 9.17) is 17.3 Å². The molecule has 2 aliphatic rings. The minimum atomic E-state index is -4.77. The van der Waals surface area contributed by atoms with Gasteiger partial charge in [-0.25, -0.2) is 9.50 Å². The van der Waals surface area contributed by atoms with Gasteiger partial charge in [0.1, 0.15) is 11.3 Å². The number of nitrogens with two attached hydrogens (primary N) is 1. The number of carbonyl (C=O) groups is 2. The summed E-state index contributed by atoms with van der Waals surface area (Å²) in [6, 6.07) is 18.9. The largest absolute Gasteiger partial charge is 0.417 e. The molecular formula is C40H31ClF3N7O3. The van der Waals surface area contributed by atoms with Crippen molar-refractivity contribution < 1.29 is 22.8 Å². The number of fused-ring (bicyclic) bond motifs is 3. The summed E-state index contributed by atoms with van der Waals surface area (Å²) in [4.78, 5) is 46.9. The SMILES string of the molecule is C[C@H](NC(=O)c1c(N)nn2ccc(C#Cc3cc4c(c(C(F)(F)F)c3)C(=O)N([C@@H](C)C3CC3)C4)nc12)c1cc2cccc(Cl)c2c(=O)n1-c1ccccc1. The number of rotatable bonds is 6. The van der Waals surface area contributed by atoms with Crippen LogP contribution in [0.5, 0.6) is 0 Å². The topological polar surface area (TPSA) is 128 Å². The lowest BCUT2D eigenvalue weighted by molar-refractivity contribution is -0.138. The zero-order valence-corrected chi connectivity index (χ0v) is 29.7. The molecule has 0 unspecified atom stereocenters. The molecule has 272 valence electrons. The van der Waals surface area contributed by atoms with Crippen LogP contribution in [0.2, 0.25) is 5.02 Å². The number of nitrogen functional groups attached to an aromatic ring is 1. The molecule has 3 N–H and O–H groups in total. The minimum Gasteiger partial charge on any atom is -0.381 e. The van der Waals surface area contributed by atoms with E-state index in [1.54, 1.807) is 55.5 Å². The van der Waals surface area contributed by atoms with Crippen LogP contribution in [0.1, 0.15) is 81.5 Å². The number of halogens is 4. The van der Waals surface area contributed by atoms with Gasteiger partial charge in [0.25, 0.3) is 17.4 Å². The summed E-state index contributed by atoms with van der Waals surface area (Å²) < 4.78 is 45.6. The van der Waals surface area contributed by atoms with Gasteiger partial charge in [0.15, 0.2) is 11.5 Å². The Balaban J connectivity index is 1.12. The maximum atomic E-state index is 14.3. The number of aromatic nitrogens is 4. The molecule has 0 bridgehead atoms. The zero-order valence-electron chi connectivity index (χ0n) is 28.9. The van der Waals surface area contributed by atoms with Crippen molar-refractivity contribution in [2.24, 2.45) is 5.92 Å². The Hall–Kier alpha value is -6.13. The van der Waals surface area contributed by atoms with Gasteiger partial charge >= 0.3 is 6.18 Å². The summed E-state index contributed by atoms with van der Waals surface area (Å²) in [7, 11) is 0. The Kier molecular flexibility index (Phi) is 8.45. The molecule has 3 aromatic heterocycles. The summed E-state index contributed by atoms with van der Waals surface area (Å²) in [6.45, 7) is 3.67. The average Bonchev–Trinajstić information content (AvgIpc) is 3.86. The Morgan fingerprint density at radius 1 is 1.02 bits per heavy atom. The Morgan fingerprint density at radius 2 is 1.78 bits per heavy atom. The Labute approximate surface area is 311 Å². The highest BCUT2D eigenvalue weighted by molar-refractivity contribution is 6.35. The molecule has 6 aromatic rings. The second-order valence-corrected chi connectivity index (χ2v) is 14.0. The van der Waals surface area contributed by atoms with Crippen LogP contribution in [0.4, 0.5) is 19.0 Å². The maximum Gasteiger partial charge on any atom is 0.417 e. The van der Waals surface area contributed by atoms with E-state index in [1.165, 1.54) is 32.3 Å². The lowest BCUT2D eigenvalue weighted by Gasteiger charge is -2.24. The fraction of sp³-hybridized carbons (Fsp3) is 0.225. The summed E-state index contributed by atoms with van der Waals surface area (Å²) in [5, 5.41) is 8.36. The van der Waals surface area contributed by atoms with Crippen LogP contribution < -0.4 is 16.6 Å². The molecule has 3 aromatic carbocycles. The van der Waals surface area contributed by atoms with Crippen molar-refractivity contribution in [3.05, 3.63) is 134 Å². The van der Waals surface area contributed by atoms with E-state index in [1.807, 2.05) is 13.0 Å². The summed E-state index contributed by atoms with van der Waals surface area (Å²) >= 11 is 6.45. The van der Waals surface area contributed by atoms with Crippen LogP contribution in [0.25, 0.3) is 22.1 Å². The first-order valence-electron chi connectivity index (χ1n) is 17.2. The molecule has 4 heterocycles. The van der Waals surface area contributed by atoms with Crippen LogP contribution in [0, 0.1) is 17.8 Å². The highest BCUT2D eigenvalue weighted by atomic mass is 35.5. The third-order valence-electron chi connectivity index (χ3n) is 10.0. The highest BCUT2D eigenvalue weighted by Crippen LogP contribution is 2.42. The fourth-order valence-corrected chi connectivity index (χ4v) is 7.41. The number of nitrogens with zero attached hydrogens (tertiary/aromatic N) is 5. The third kappa shape index (κ3) is 6.12. The predicted molar refractivity (Wildman–Crippen MR) is 197 cm³/mol. The summed E-state index contributed by atoms with van der Waals surface area (Å²) in [6.07, 6.45) is -1.38. The number of para-hydroxylation sites is 1. The smallest absolute Gasteiger partial charge is 0.381 e. The molecule has 2 amide bonds. The second kappa shape index (κ2) is 13.1. The van der Waals surface area contributed by atoms with Crippen molar-refractivity contribution in [3.8, 4) is 17.5 Å². The number of pyridine rings is 1. The standard InChI is InChI=1S/C40H31ClF3N7O3/c1-21(31-19-25-7-6-10-30(41)33(25)39(54)51(31)28-8-4-3-5-9-28)46-37(52)34-35(45)48-50-16-15-27(47-36(34)50)14-11-23-17-26-20-49(22(2)24-12-13-24)38(53)32(26)29(18-23)40(42,43)44/h3-10,15-19,21-22,24H,12-13,20H2,1-2H3,(H2,45,48)(H,46,52)/t21-,22-/m0/s1. The first-order chi connectivity index (χ1) is 25.8. The van der Waals surface area contributed by atoms with E-state index >= 15 is 0 Å². The normalized spacial score (nSPS) is 15.2. The molecule has 0 spiro atoms. The first kappa shape index (κ1) is 34.9. The lowest BCUT2D eigenvalue weighted by Crippen LogP contribution is -2.35. The summed E-state index contributed by atoms with van der Waals surface area (Å²) in [5.41, 5.74) is 6.06. The van der Waals surface area contributed by atoms with Crippen molar-refractivity contribution in [2.75, 3.05) is 5.73 Å². The number of alkyl halides is 3. The first-order valence-corrected chi connectivity index (χ1v) is 17.6. The van der Waals surface area contributed by atoms with Crippen molar-refractivity contribution in [1.82, 2.24) is 29.4 Å². The molecule has 2 atom stereocenters. The van der Waals surface area contributed by atoms with Gasteiger partial charge in [0.05, 0.1) is 27.6 Å². The van der Waals surface area contributed by atoms with Gasteiger partial charge in [-0.05, 0) is 91.9 Å². The van der Waals surface area contributed by atoms with Crippen molar-refractivity contribution in [3.63, 3.8) is 0 Å². The van der Waals surface area contributed by atoms with Crippen LogP contribution >= 0.6 is 11.6 Å². The molecule has 1 aliphatic heterocycles. The van der Waals surface area contributed by atoms with Gasteiger partial charge in [-0.2, -0.15) is 13.2 Å². The average molecular weight is 750 g/mol. The fourth-order valence-electron chi connectivity index (χ4n) is 7.15. The monoisotopic (exact) mass is 749 g/mol. The van der Waals surface area contributed by atoms with E-state index < -0.39 is 29.6 Å². The van der Waals surface area contributed by atoms with Gasteiger partial charge in [0, 0.05) is 35.7 Å². The number of hydrogen-bond donors (Lipinski definition) is 2. The Morgan fingerprint density at radius 3 is 2.50 bits per heavy atom. The molecular weight excluding hydrogens is 719 g/mol. The molecule has 0 radical (unpaired) electrons. The molecule has 14 heteroatoms. The third-order valence-corrected chi connectivity index (χ3v) is 10.4. The van der Waals surface area contributed by atoms with Gasteiger partial charge in [-0.1, -0.05) is 47.9 Å². The Bertz CT molecular complexity index is 2660. The van der Waals surface area contributed by atoms with E-state index in [9.17, 15) is 27.6 Å². The summed E-state index contributed by atoms with van der Waals surface area (Å²) in [5.74, 6) is 4.50. The quantitative estimate of drug-likeness (QED) is 0.178. The van der Waals surface area contributed by atoms with Crippen molar-refractivity contribution in [2.45, 2.75) is 51.5 Å².